The number of hydrogen-bond acceptors (Lipinski definition) is 5. The number of halogens is 1. The Labute approximate surface area is 183 Å². The van der Waals surface area contributed by atoms with Crippen LogP contribution in [0.15, 0.2) is 47.3 Å². The van der Waals surface area contributed by atoms with Gasteiger partial charge in [-0.1, -0.05) is 17.4 Å². The normalized spacial score (nSPS) is 15.9. The third kappa shape index (κ3) is 3.83. The van der Waals surface area contributed by atoms with Crippen molar-refractivity contribution in [3.8, 4) is 11.5 Å². The van der Waals surface area contributed by atoms with Crippen LogP contribution in [-0.4, -0.2) is 23.7 Å². The smallest absolute Gasteiger partial charge is 0.308 e. The highest BCUT2D eigenvalue weighted by Gasteiger charge is 2.37. The van der Waals surface area contributed by atoms with Gasteiger partial charge in [0.05, 0.1) is 23.8 Å². The molecule has 0 N–H and O–H groups in total. The fourth-order valence-electron chi connectivity index (χ4n) is 3.80. The zero-order valence-electron chi connectivity index (χ0n) is 17.7. The summed E-state index contributed by atoms with van der Waals surface area (Å²) in [4.78, 5) is 27.9. The fraction of sp³-hybridized carbons (Fsp3) is 0.304. The summed E-state index contributed by atoms with van der Waals surface area (Å²) in [5, 5.41) is 0. The molecule has 31 heavy (non-hydrogen) atoms. The fourth-order valence-corrected chi connectivity index (χ4v) is 4.89. The molecule has 1 aliphatic rings. The minimum atomic E-state index is -0.388. The Morgan fingerprint density at radius 3 is 2.45 bits per heavy atom. The van der Waals surface area contributed by atoms with Gasteiger partial charge in [-0.2, -0.15) is 0 Å². The SMILES string of the molecule is COc1cc([C@@H]2CC(=O)N(c3ccc(F)cc3)c3c2sc(=O)n3C)ccc1OC(C)C. The van der Waals surface area contributed by atoms with Gasteiger partial charge in [0, 0.05) is 19.4 Å². The van der Waals surface area contributed by atoms with Gasteiger partial charge in [0.1, 0.15) is 11.6 Å². The Balaban J connectivity index is 1.81. The van der Waals surface area contributed by atoms with Gasteiger partial charge < -0.3 is 9.47 Å². The van der Waals surface area contributed by atoms with Crippen LogP contribution in [0.5, 0.6) is 11.5 Å². The van der Waals surface area contributed by atoms with E-state index < -0.39 is 0 Å². The van der Waals surface area contributed by atoms with Crippen molar-refractivity contribution in [2.45, 2.75) is 32.3 Å². The Morgan fingerprint density at radius 1 is 1.10 bits per heavy atom. The molecule has 0 saturated heterocycles. The van der Waals surface area contributed by atoms with E-state index >= 15 is 0 Å². The van der Waals surface area contributed by atoms with Gasteiger partial charge in [-0.05, 0) is 55.8 Å². The molecule has 4 rings (SSSR count). The highest BCUT2D eigenvalue weighted by Crippen LogP contribution is 2.45. The van der Waals surface area contributed by atoms with Crippen LogP contribution in [0.4, 0.5) is 15.9 Å². The number of benzene rings is 2. The molecular formula is C23H23FN2O4S. The topological polar surface area (TPSA) is 60.8 Å². The number of carbonyl (C=O) groups is 1. The van der Waals surface area contributed by atoms with E-state index in [9.17, 15) is 14.0 Å². The van der Waals surface area contributed by atoms with Crippen LogP contribution < -0.4 is 19.2 Å². The Hall–Kier alpha value is -3.13. The van der Waals surface area contributed by atoms with E-state index in [4.69, 9.17) is 9.47 Å². The summed E-state index contributed by atoms with van der Waals surface area (Å²) >= 11 is 1.12. The average molecular weight is 443 g/mol. The molecule has 0 radical (unpaired) electrons. The summed E-state index contributed by atoms with van der Waals surface area (Å²) in [6, 6.07) is 11.3. The van der Waals surface area contributed by atoms with Crippen LogP contribution >= 0.6 is 11.3 Å². The lowest BCUT2D eigenvalue weighted by molar-refractivity contribution is -0.118. The van der Waals surface area contributed by atoms with Crippen LogP contribution in [0, 0.1) is 5.82 Å². The van der Waals surface area contributed by atoms with E-state index in [1.54, 1.807) is 26.3 Å². The predicted molar refractivity (Wildman–Crippen MR) is 118 cm³/mol. The third-order valence-electron chi connectivity index (χ3n) is 5.20. The molecular weight excluding hydrogens is 419 g/mol. The minimum Gasteiger partial charge on any atom is -0.493 e. The van der Waals surface area contributed by atoms with Crippen molar-refractivity contribution >= 4 is 28.7 Å². The molecule has 0 spiro atoms. The van der Waals surface area contributed by atoms with Gasteiger partial charge in [0.15, 0.2) is 11.5 Å². The molecule has 162 valence electrons. The van der Waals surface area contributed by atoms with Crippen molar-refractivity contribution in [3.63, 3.8) is 0 Å². The average Bonchev–Trinajstić information content (AvgIpc) is 3.03. The third-order valence-corrected chi connectivity index (χ3v) is 6.34. The lowest BCUT2D eigenvalue weighted by Crippen LogP contribution is -2.34. The van der Waals surface area contributed by atoms with Crippen LogP contribution in [-0.2, 0) is 11.8 Å². The van der Waals surface area contributed by atoms with Gasteiger partial charge in [-0.25, -0.2) is 4.39 Å². The largest absolute Gasteiger partial charge is 0.493 e. The molecule has 1 atom stereocenters. The molecule has 2 heterocycles. The molecule has 0 saturated carbocycles. The molecule has 6 nitrogen and oxygen atoms in total. The van der Waals surface area contributed by atoms with Gasteiger partial charge in [0.25, 0.3) is 0 Å². The van der Waals surface area contributed by atoms with Gasteiger partial charge in [-0.3, -0.25) is 19.1 Å². The maximum Gasteiger partial charge on any atom is 0.308 e. The van der Waals surface area contributed by atoms with E-state index in [1.165, 1.54) is 21.6 Å². The number of carbonyl (C=O) groups excluding carboxylic acids is 1. The molecule has 0 unspecified atom stereocenters. The standard InChI is InChI=1S/C23H23FN2O4S/c1-13(2)30-18-10-5-14(11-19(18)29-4)17-12-20(27)26(16-8-6-15(24)7-9-16)22-21(17)31-23(28)25(22)3/h5-11,13,17H,12H2,1-4H3/t17-/m0/s1. The molecule has 0 bridgehead atoms. The first-order valence-electron chi connectivity index (χ1n) is 9.93. The summed E-state index contributed by atoms with van der Waals surface area (Å²) in [5.74, 6) is 0.868. The van der Waals surface area contributed by atoms with Crippen molar-refractivity contribution in [2.24, 2.45) is 7.05 Å². The van der Waals surface area contributed by atoms with E-state index in [-0.39, 0.29) is 35.0 Å². The van der Waals surface area contributed by atoms with E-state index in [0.29, 0.717) is 23.0 Å². The molecule has 2 aromatic carbocycles. The molecule has 1 amide bonds. The van der Waals surface area contributed by atoms with E-state index in [2.05, 4.69) is 0 Å². The summed E-state index contributed by atoms with van der Waals surface area (Å²) in [6.07, 6.45) is 0.170. The number of amides is 1. The lowest BCUT2D eigenvalue weighted by Gasteiger charge is -2.32. The second kappa shape index (κ2) is 8.19. The molecule has 8 heteroatoms. The summed E-state index contributed by atoms with van der Waals surface area (Å²) in [5.41, 5.74) is 1.39. The Bertz CT molecular complexity index is 1180. The maximum atomic E-state index is 13.4. The molecule has 0 fully saturated rings. The minimum absolute atomic E-state index is 0.00811. The van der Waals surface area contributed by atoms with Crippen molar-refractivity contribution in [2.75, 3.05) is 12.0 Å². The number of thiazole rings is 1. The number of ether oxygens (including phenoxy) is 2. The highest BCUT2D eigenvalue weighted by atomic mass is 32.1. The van der Waals surface area contributed by atoms with Gasteiger partial charge in [-0.15, -0.1) is 0 Å². The number of methoxy groups -OCH3 is 1. The number of fused-ring (bicyclic) bond motifs is 1. The molecule has 1 aromatic heterocycles. The number of rotatable bonds is 5. The molecule has 0 aliphatic carbocycles. The quantitative estimate of drug-likeness (QED) is 0.580. The number of anilines is 2. The van der Waals surface area contributed by atoms with Crippen LogP contribution in [0.2, 0.25) is 0 Å². The number of hydrogen-bond donors (Lipinski definition) is 0. The summed E-state index contributed by atoms with van der Waals surface area (Å²) in [6.45, 7) is 3.87. The van der Waals surface area contributed by atoms with E-state index in [0.717, 1.165) is 21.8 Å². The molecule has 1 aliphatic heterocycles. The monoisotopic (exact) mass is 442 g/mol. The second-order valence-corrected chi connectivity index (χ2v) is 8.65. The number of aromatic nitrogens is 1. The van der Waals surface area contributed by atoms with Crippen molar-refractivity contribution in [1.82, 2.24) is 4.57 Å². The predicted octanol–water partition coefficient (Wildman–Crippen LogP) is 4.58. The van der Waals surface area contributed by atoms with Crippen LogP contribution in [0.1, 0.15) is 36.6 Å². The number of nitrogens with zero attached hydrogens (tertiary/aromatic N) is 2. The van der Waals surface area contributed by atoms with Crippen molar-refractivity contribution in [3.05, 3.63) is 68.4 Å². The lowest BCUT2D eigenvalue weighted by atomic mass is 9.90. The summed E-state index contributed by atoms with van der Waals surface area (Å²) in [7, 11) is 3.21. The van der Waals surface area contributed by atoms with Crippen molar-refractivity contribution in [1.29, 1.82) is 0 Å². The van der Waals surface area contributed by atoms with Crippen LogP contribution in [0.3, 0.4) is 0 Å². The first kappa shape index (κ1) is 21.1. The van der Waals surface area contributed by atoms with Gasteiger partial charge in [0.2, 0.25) is 5.91 Å². The maximum absolute atomic E-state index is 13.4. The van der Waals surface area contributed by atoms with Crippen molar-refractivity contribution < 1.29 is 18.7 Å². The zero-order valence-corrected chi connectivity index (χ0v) is 18.5. The highest BCUT2D eigenvalue weighted by molar-refractivity contribution is 7.10. The van der Waals surface area contributed by atoms with Crippen LogP contribution in [0.25, 0.3) is 0 Å². The zero-order chi connectivity index (χ0) is 22.3. The van der Waals surface area contributed by atoms with Gasteiger partial charge >= 0.3 is 4.87 Å². The summed E-state index contributed by atoms with van der Waals surface area (Å²) < 4.78 is 26.2. The first-order valence-corrected chi connectivity index (χ1v) is 10.7. The van der Waals surface area contributed by atoms with E-state index in [1.807, 2.05) is 32.0 Å². The Morgan fingerprint density at radius 2 is 1.81 bits per heavy atom. The Kier molecular flexibility index (Phi) is 5.58. The first-order chi connectivity index (χ1) is 14.8. The molecule has 3 aromatic rings. The second-order valence-electron chi connectivity index (χ2n) is 7.65.